The van der Waals surface area contributed by atoms with Crippen LogP contribution in [0, 0.1) is 5.82 Å². The van der Waals surface area contributed by atoms with Gasteiger partial charge in [0.25, 0.3) is 5.91 Å². The Hall–Kier alpha value is -3.91. The number of hydrogen-bond acceptors (Lipinski definition) is 5. The molecule has 0 radical (unpaired) electrons. The van der Waals surface area contributed by atoms with Crippen molar-refractivity contribution in [2.24, 2.45) is 0 Å². The van der Waals surface area contributed by atoms with Crippen molar-refractivity contribution in [1.82, 2.24) is 9.80 Å². The van der Waals surface area contributed by atoms with E-state index in [-0.39, 0.29) is 43.8 Å². The van der Waals surface area contributed by atoms with Gasteiger partial charge in [0.05, 0.1) is 26.2 Å². The van der Waals surface area contributed by atoms with Gasteiger partial charge < -0.3 is 24.0 Å². The van der Waals surface area contributed by atoms with Crippen LogP contribution in [0.25, 0.3) is 0 Å². The number of carbonyl (C=O) groups excluding carboxylic acids is 2. The minimum absolute atomic E-state index is 0.0142. The molecule has 0 bridgehead atoms. The summed E-state index contributed by atoms with van der Waals surface area (Å²) in [6.07, 6.45) is 0.0142. The lowest BCUT2D eigenvalue weighted by molar-refractivity contribution is -0.152. The molecule has 0 saturated carbocycles. The summed E-state index contributed by atoms with van der Waals surface area (Å²) < 4.78 is 31.1. The summed E-state index contributed by atoms with van der Waals surface area (Å²) in [5.74, 6) is 0.391. The second-order valence-corrected chi connectivity index (χ2v) is 9.37. The summed E-state index contributed by atoms with van der Waals surface area (Å²) in [6.45, 7) is 3.64. The number of ether oxygens (including phenoxy) is 3. The topological polar surface area (TPSA) is 68.3 Å². The molecule has 1 heterocycles. The zero-order chi connectivity index (χ0) is 27.0. The van der Waals surface area contributed by atoms with Crippen LogP contribution in [0.4, 0.5) is 4.39 Å². The van der Waals surface area contributed by atoms with Gasteiger partial charge in [-0.05, 0) is 55.0 Å². The number of benzene rings is 3. The summed E-state index contributed by atoms with van der Waals surface area (Å²) in [5, 5.41) is 0. The lowest BCUT2D eigenvalue weighted by Crippen LogP contribution is -2.58. The Kier molecular flexibility index (Phi) is 8.97. The molecule has 0 aromatic heterocycles. The van der Waals surface area contributed by atoms with Gasteiger partial charge in [-0.1, -0.05) is 36.4 Å². The molecule has 200 valence electrons. The van der Waals surface area contributed by atoms with Gasteiger partial charge in [-0.15, -0.1) is 0 Å². The fourth-order valence-corrected chi connectivity index (χ4v) is 4.43. The minimum Gasteiger partial charge on any atom is -0.494 e. The highest BCUT2D eigenvalue weighted by Crippen LogP contribution is 2.27. The summed E-state index contributed by atoms with van der Waals surface area (Å²) in [7, 11) is 1.74. The van der Waals surface area contributed by atoms with Crippen LogP contribution in [0.1, 0.15) is 29.3 Å². The summed E-state index contributed by atoms with van der Waals surface area (Å²) >= 11 is 0. The van der Waals surface area contributed by atoms with Crippen LogP contribution < -0.4 is 9.47 Å². The number of hydrogen-bond donors (Lipinski definition) is 0. The first-order valence-corrected chi connectivity index (χ1v) is 12.7. The molecular formula is C30H33FN2O5. The van der Waals surface area contributed by atoms with Crippen LogP contribution in [-0.2, 0) is 16.1 Å². The maximum absolute atomic E-state index is 13.5. The molecule has 0 unspecified atom stereocenters. The van der Waals surface area contributed by atoms with Crippen molar-refractivity contribution in [3.05, 3.63) is 95.8 Å². The average Bonchev–Trinajstić information content (AvgIpc) is 2.93. The molecule has 0 spiro atoms. The van der Waals surface area contributed by atoms with E-state index in [1.807, 2.05) is 43.3 Å². The molecule has 1 atom stereocenters. The monoisotopic (exact) mass is 520 g/mol. The Morgan fingerprint density at radius 1 is 1.00 bits per heavy atom. The Labute approximate surface area is 222 Å². The lowest BCUT2D eigenvalue weighted by Gasteiger charge is -2.42. The van der Waals surface area contributed by atoms with E-state index in [1.165, 1.54) is 24.3 Å². The summed E-state index contributed by atoms with van der Waals surface area (Å²) in [4.78, 5) is 30.1. The zero-order valence-corrected chi connectivity index (χ0v) is 21.8. The van der Waals surface area contributed by atoms with Crippen LogP contribution >= 0.6 is 0 Å². The predicted octanol–water partition coefficient (Wildman–Crippen LogP) is 4.56. The third kappa shape index (κ3) is 7.10. The van der Waals surface area contributed by atoms with Crippen LogP contribution in [-0.4, -0.2) is 67.2 Å². The highest BCUT2D eigenvalue weighted by molar-refractivity contribution is 5.94. The van der Waals surface area contributed by atoms with E-state index in [9.17, 15) is 14.0 Å². The summed E-state index contributed by atoms with van der Waals surface area (Å²) in [6, 6.07) is 22.4. The number of morpholine rings is 1. The molecule has 7 nitrogen and oxygen atoms in total. The molecule has 2 amide bonds. The Morgan fingerprint density at radius 3 is 2.50 bits per heavy atom. The smallest absolute Gasteiger partial charge is 0.254 e. The summed E-state index contributed by atoms with van der Waals surface area (Å²) in [5.41, 5.74) is 0.427. The van der Waals surface area contributed by atoms with Gasteiger partial charge in [-0.3, -0.25) is 9.59 Å². The SMILES string of the molecule is CCOc1cccc(C(=O)N2CCO[C@](COc3ccc(F)cc3)(CC(=O)N(C)Cc3ccccc3)C2)c1. The van der Waals surface area contributed by atoms with Gasteiger partial charge in [0.2, 0.25) is 5.91 Å². The van der Waals surface area contributed by atoms with Crippen LogP contribution in [0.5, 0.6) is 11.5 Å². The molecule has 1 aliphatic rings. The van der Waals surface area contributed by atoms with Crippen LogP contribution in [0.15, 0.2) is 78.9 Å². The second-order valence-electron chi connectivity index (χ2n) is 9.37. The Bertz CT molecular complexity index is 1220. The van der Waals surface area contributed by atoms with Gasteiger partial charge in [-0.25, -0.2) is 4.39 Å². The molecule has 38 heavy (non-hydrogen) atoms. The third-order valence-electron chi connectivity index (χ3n) is 6.40. The van der Waals surface area contributed by atoms with Gasteiger partial charge in [-0.2, -0.15) is 0 Å². The molecule has 0 aliphatic carbocycles. The molecule has 1 aliphatic heterocycles. The van der Waals surface area contributed by atoms with Crippen LogP contribution in [0.2, 0.25) is 0 Å². The van der Waals surface area contributed by atoms with Gasteiger partial charge >= 0.3 is 0 Å². The van der Waals surface area contributed by atoms with E-state index in [1.54, 1.807) is 35.0 Å². The highest BCUT2D eigenvalue weighted by atomic mass is 19.1. The predicted molar refractivity (Wildman–Crippen MR) is 142 cm³/mol. The quantitative estimate of drug-likeness (QED) is 0.392. The van der Waals surface area contributed by atoms with Crippen molar-refractivity contribution < 1.29 is 28.2 Å². The van der Waals surface area contributed by atoms with Gasteiger partial charge in [0.15, 0.2) is 0 Å². The van der Waals surface area contributed by atoms with Crippen molar-refractivity contribution in [3.8, 4) is 11.5 Å². The van der Waals surface area contributed by atoms with E-state index in [0.717, 1.165) is 5.56 Å². The molecule has 1 saturated heterocycles. The number of halogens is 1. The third-order valence-corrected chi connectivity index (χ3v) is 6.40. The fraction of sp³-hybridized carbons (Fsp3) is 0.333. The van der Waals surface area contributed by atoms with Crippen molar-refractivity contribution >= 4 is 11.8 Å². The van der Waals surface area contributed by atoms with E-state index >= 15 is 0 Å². The van der Waals surface area contributed by atoms with E-state index < -0.39 is 5.60 Å². The maximum atomic E-state index is 13.5. The standard InChI is InChI=1S/C30H33FN2O5/c1-3-36-27-11-7-10-24(18-27)29(35)33-16-17-38-30(21-33,22-37-26-14-12-25(31)13-15-26)19-28(34)32(2)20-23-8-5-4-6-9-23/h4-15,18H,3,16-17,19-22H2,1-2H3/t30-/m1/s1. The Balaban J connectivity index is 1.53. The fourth-order valence-electron chi connectivity index (χ4n) is 4.43. The van der Waals surface area contributed by atoms with Crippen molar-refractivity contribution in [1.29, 1.82) is 0 Å². The van der Waals surface area contributed by atoms with Crippen molar-refractivity contribution in [2.45, 2.75) is 25.5 Å². The molecular weight excluding hydrogens is 487 g/mol. The van der Waals surface area contributed by atoms with E-state index in [4.69, 9.17) is 14.2 Å². The van der Waals surface area contributed by atoms with E-state index in [2.05, 4.69) is 0 Å². The average molecular weight is 521 g/mol. The van der Waals surface area contributed by atoms with Crippen molar-refractivity contribution in [2.75, 3.05) is 40.0 Å². The molecule has 4 rings (SSSR count). The normalized spacial score (nSPS) is 17.1. The first kappa shape index (κ1) is 27.1. The zero-order valence-electron chi connectivity index (χ0n) is 21.8. The molecule has 1 fully saturated rings. The van der Waals surface area contributed by atoms with Crippen LogP contribution in [0.3, 0.4) is 0 Å². The molecule has 8 heteroatoms. The highest BCUT2D eigenvalue weighted by Gasteiger charge is 2.42. The number of carbonyl (C=O) groups is 2. The molecule has 0 N–H and O–H groups in total. The number of nitrogens with zero attached hydrogens (tertiary/aromatic N) is 2. The molecule has 3 aromatic carbocycles. The number of amides is 2. The van der Waals surface area contributed by atoms with Gasteiger partial charge in [0.1, 0.15) is 29.5 Å². The largest absolute Gasteiger partial charge is 0.494 e. The lowest BCUT2D eigenvalue weighted by atomic mass is 9.96. The van der Waals surface area contributed by atoms with Crippen molar-refractivity contribution in [3.63, 3.8) is 0 Å². The second kappa shape index (κ2) is 12.6. The minimum atomic E-state index is -1.08. The first-order chi connectivity index (χ1) is 18.4. The van der Waals surface area contributed by atoms with Gasteiger partial charge in [0, 0.05) is 25.7 Å². The number of rotatable bonds is 10. The first-order valence-electron chi connectivity index (χ1n) is 12.7. The molecule has 3 aromatic rings. The maximum Gasteiger partial charge on any atom is 0.254 e. The Morgan fingerprint density at radius 2 is 1.76 bits per heavy atom. The van der Waals surface area contributed by atoms with E-state index in [0.29, 0.717) is 36.8 Å².